The van der Waals surface area contributed by atoms with Crippen LogP contribution in [-0.2, 0) is 0 Å². The Morgan fingerprint density at radius 2 is 1.95 bits per heavy atom. The molecule has 2 saturated heterocycles. The summed E-state index contributed by atoms with van der Waals surface area (Å²) < 4.78 is 14.6. The van der Waals surface area contributed by atoms with Gasteiger partial charge in [-0.3, -0.25) is 0 Å². The van der Waals surface area contributed by atoms with Gasteiger partial charge in [-0.15, -0.1) is 0 Å². The first kappa shape index (κ1) is 12.5. The van der Waals surface area contributed by atoms with Gasteiger partial charge in [0.05, 0.1) is 4.47 Å². The number of hydrogen-bond donors (Lipinski definition) is 1. The van der Waals surface area contributed by atoms with Crippen LogP contribution in [0.2, 0.25) is 0 Å². The average Bonchev–Trinajstić information content (AvgIpc) is 2.81. The minimum Gasteiger partial charge on any atom is -0.353 e. The molecule has 2 bridgehead atoms. The van der Waals surface area contributed by atoms with Crippen molar-refractivity contribution in [3.8, 4) is 0 Å². The highest BCUT2D eigenvalue weighted by Crippen LogP contribution is 2.31. The number of benzene rings is 1. The van der Waals surface area contributed by atoms with E-state index in [9.17, 15) is 4.39 Å². The Morgan fingerprint density at radius 1 is 1.20 bits per heavy atom. The van der Waals surface area contributed by atoms with Crippen LogP contribution in [0.15, 0.2) is 22.9 Å². The summed E-state index contributed by atoms with van der Waals surface area (Å²) >= 11 is 3.21. The molecule has 2 aliphatic rings. The van der Waals surface area contributed by atoms with Crippen LogP contribution in [0.1, 0.15) is 12.8 Å². The molecule has 1 aromatic heterocycles. The molecular formula is C14H14BrFN4. The zero-order valence-electron chi connectivity index (χ0n) is 10.8. The molecule has 2 aliphatic heterocycles. The third kappa shape index (κ3) is 1.90. The highest BCUT2D eigenvalue weighted by molar-refractivity contribution is 9.10. The first-order valence-corrected chi connectivity index (χ1v) is 7.61. The lowest BCUT2D eigenvalue weighted by atomic mass is 10.2. The summed E-state index contributed by atoms with van der Waals surface area (Å²) in [4.78, 5) is 10.8. The van der Waals surface area contributed by atoms with Crippen molar-refractivity contribution in [2.24, 2.45) is 0 Å². The van der Waals surface area contributed by atoms with Crippen molar-refractivity contribution in [2.75, 3.05) is 18.0 Å². The Hall–Kier alpha value is -1.27. The maximum absolute atomic E-state index is 14.1. The van der Waals surface area contributed by atoms with Crippen LogP contribution in [-0.4, -0.2) is 35.1 Å². The highest BCUT2D eigenvalue weighted by Gasteiger charge is 2.33. The second kappa shape index (κ2) is 4.63. The molecule has 0 radical (unpaired) electrons. The maximum atomic E-state index is 14.1. The van der Waals surface area contributed by atoms with Gasteiger partial charge in [-0.2, -0.15) is 0 Å². The van der Waals surface area contributed by atoms with Gasteiger partial charge in [-0.05, 0) is 40.9 Å². The molecule has 1 N–H and O–H groups in total. The molecule has 3 heterocycles. The van der Waals surface area contributed by atoms with Crippen molar-refractivity contribution in [1.82, 2.24) is 15.3 Å². The van der Waals surface area contributed by atoms with Gasteiger partial charge in [0, 0.05) is 30.6 Å². The van der Waals surface area contributed by atoms with Crippen LogP contribution in [0.25, 0.3) is 10.9 Å². The van der Waals surface area contributed by atoms with E-state index >= 15 is 0 Å². The van der Waals surface area contributed by atoms with Crippen molar-refractivity contribution >= 4 is 32.7 Å². The normalized spacial score (nSPS) is 25.4. The van der Waals surface area contributed by atoms with E-state index in [1.54, 1.807) is 6.07 Å². The van der Waals surface area contributed by atoms with Crippen LogP contribution in [0.4, 0.5) is 10.2 Å². The lowest BCUT2D eigenvalue weighted by molar-refractivity contribution is 0.464. The Kier molecular flexibility index (Phi) is 2.89. The number of rotatable bonds is 1. The number of nitrogens with zero attached hydrogens (tertiary/aromatic N) is 3. The van der Waals surface area contributed by atoms with E-state index in [0.717, 1.165) is 24.3 Å². The molecule has 4 rings (SSSR count). The number of halogens is 2. The summed E-state index contributed by atoms with van der Waals surface area (Å²) in [5.74, 6) is 0.532. The molecule has 0 spiro atoms. The molecule has 0 amide bonds. The fraction of sp³-hybridized carbons (Fsp3) is 0.429. The van der Waals surface area contributed by atoms with E-state index in [1.165, 1.54) is 19.2 Å². The standard InChI is InChI=1S/C14H14BrFN4/c15-11-4-3-10-13(12(11)16)17-7-18-14(10)20-5-8-1-2-9(6-20)19-8/h3-4,7-9,19H,1-2,5-6H2. The van der Waals surface area contributed by atoms with E-state index in [4.69, 9.17) is 0 Å². The van der Waals surface area contributed by atoms with Crippen molar-refractivity contribution in [3.63, 3.8) is 0 Å². The van der Waals surface area contributed by atoms with Crippen molar-refractivity contribution in [3.05, 3.63) is 28.7 Å². The number of nitrogens with one attached hydrogen (secondary N) is 1. The first-order valence-electron chi connectivity index (χ1n) is 6.82. The fourth-order valence-electron chi connectivity index (χ4n) is 3.28. The van der Waals surface area contributed by atoms with Gasteiger partial charge >= 0.3 is 0 Å². The SMILES string of the molecule is Fc1c(Br)ccc2c(N3CC4CCC(C3)N4)ncnc12. The third-order valence-corrected chi connectivity index (χ3v) is 4.81. The van der Waals surface area contributed by atoms with Crippen LogP contribution in [0.3, 0.4) is 0 Å². The topological polar surface area (TPSA) is 41.0 Å². The zero-order valence-corrected chi connectivity index (χ0v) is 12.4. The largest absolute Gasteiger partial charge is 0.353 e. The summed E-state index contributed by atoms with van der Waals surface area (Å²) in [6.45, 7) is 1.86. The Balaban J connectivity index is 1.82. The summed E-state index contributed by atoms with van der Waals surface area (Å²) in [7, 11) is 0. The third-order valence-electron chi connectivity index (χ3n) is 4.19. The van der Waals surface area contributed by atoms with Crippen LogP contribution in [0.5, 0.6) is 0 Å². The van der Waals surface area contributed by atoms with Gasteiger partial charge in [0.1, 0.15) is 17.7 Å². The molecule has 2 unspecified atom stereocenters. The molecule has 20 heavy (non-hydrogen) atoms. The van der Waals surface area contributed by atoms with Gasteiger partial charge in [-0.1, -0.05) is 0 Å². The van der Waals surface area contributed by atoms with Crippen LogP contribution >= 0.6 is 15.9 Å². The van der Waals surface area contributed by atoms with Crippen molar-refractivity contribution < 1.29 is 4.39 Å². The van der Waals surface area contributed by atoms with E-state index in [1.807, 2.05) is 6.07 Å². The minimum atomic E-state index is -0.316. The van der Waals surface area contributed by atoms with Gasteiger partial charge in [0.2, 0.25) is 0 Å². The molecule has 0 saturated carbocycles. The summed E-state index contributed by atoms with van der Waals surface area (Å²) in [6.07, 6.45) is 3.88. The van der Waals surface area contributed by atoms with E-state index in [-0.39, 0.29) is 5.82 Å². The van der Waals surface area contributed by atoms with E-state index in [2.05, 4.69) is 36.1 Å². The first-order chi connectivity index (χ1) is 9.72. The highest BCUT2D eigenvalue weighted by atomic mass is 79.9. The monoisotopic (exact) mass is 336 g/mol. The number of fused-ring (bicyclic) bond motifs is 3. The van der Waals surface area contributed by atoms with E-state index < -0.39 is 0 Å². The molecule has 1 aromatic carbocycles. The minimum absolute atomic E-state index is 0.316. The van der Waals surface area contributed by atoms with Crippen molar-refractivity contribution in [1.29, 1.82) is 0 Å². The molecule has 2 fully saturated rings. The molecule has 104 valence electrons. The zero-order chi connectivity index (χ0) is 13.7. The number of aromatic nitrogens is 2. The van der Waals surface area contributed by atoms with Gasteiger partial charge in [0.15, 0.2) is 5.82 Å². The predicted octanol–water partition coefficient (Wildman–Crippen LogP) is 2.47. The summed E-state index contributed by atoms with van der Waals surface area (Å²) in [5.41, 5.74) is 0.384. The summed E-state index contributed by atoms with van der Waals surface area (Å²) in [6, 6.07) is 4.67. The number of hydrogen-bond acceptors (Lipinski definition) is 4. The lowest BCUT2D eigenvalue weighted by Gasteiger charge is -2.34. The van der Waals surface area contributed by atoms with Gasteiger partial charge in [0.25, 0.3) is 0 Å². The number of piperazine rings is 1. The molecule has 2 aromatic rings. The second-order valence-electron chi connectivity index (χ2n) is 5.50. The van der Waals surface area contributed by atoms with E-state index in [0.29, 0.717) is 22.1 Å². The van der Waals surface area contributed by atoms with Crippen molar-refractivity contribution in [2.45, 2.75) is 24.9 Å². The Labute approximate surface area is 124 Å². The Bertz CT molecular complexity index is 666. The molecule has 6 heteroatoms. The second-order valence-corrected chi connectivity index (χ2v) is 6.35. The van der Waals surface area contributed by atoms with Crippen LogP contribution in [0, 0.1) is 5.82 Å². The Morgan fingerprint density at radius 3 is 2.70 bits per heavy atom. The molecular weight excluding hydrogens is 323 g/mol. The molecule has 4 nitrogen and oxygen atoms in total. The fourth-order valence-corrected chi connectivity index (χ4v) is 3.60. The molecule has 0 aliphatic carbocycles. The molecule has 2 atom stereocenters. The smallest absolute Gasteiger partial charge is 0.163 e. The quantitative estimate of drug-likeness (QED) is 0.868. The van der Waals surface area contributed by atoms with Gasteiger partial charge < -0.3 is 10.2 Å². The average molecular weight is 337 g/mol. The summed E-state index contributed by atoms with van der Waals surface area (Å²) in [5, 5.41) is 4.38. The lowest BCUT2D eigenvalue weighted by Crippen LogP contribution is -2.51. The number of anilines is 1. The predicted molar refractivity (Wildman–Crippen MR) is 79.4 cm³/mol. The maximum Gasteiger partial charge on any atom is 0.163 e. The van der Waals surface area contributed by atoms with Gasteiger partial charge in [-0.25, -0.2) is 14.4 Å². The van der Waals surface area contributed by atoms with Crippen LogP contribution < -0.4 is 10.2 Å².